The molecule has 1 aromatic carbocycles. The average molecular weight is 341 g/mol. The first-order valence-electron chi connectivity index (χ1n) is 9.83. The van der Waals surface area contributed by atoms with E-state index in [1.54, 1.807) is 0 Å². The quantitative estimate of drug-likeness (QED) is 0.831. The van der Waals surface area contributed by atoms with Crippen LogP contribution < -0.4 is 9.47 Å². The van der Waals surface area contributed by atoms with Crippen molar-refractivity contribution < 1.29 is 14.3 Å². The predicted molar refractivity (Wildman–Crippen MR) is 94.3 cm³/mol. The second kappa shape index (κ2) is 5.65. The molecule has 4 saturated carbocycles. The Labute approximate surface area is 149 Å². The molecule has 0 N–H and O–H groups in total. The van der Waals surface area contributed by atoms with E-state index >= 15 is 0 Å². The molecule has 1 aromatic rings. The average Bonchev–Trinajstić information content (AvgIpc) is 3.05. The maximum atomic E-state index is 13.5. The summed E-state index contributed by atoms with van der Waals surface area (Å²) in [6.45, 7) is 3.84. The van der Waals surface area contributed by atoms with Crippen molar-refractivity contribution in [2.45, 2.75) is 52.0 Å². The number of carbonyl (C=O) groups is 1. The molecule has 1 amide bonds. The van der Waals surface area contributed by atoms with Gasteiger partial charge in [-0.25, -0.2) is 0 Å². The Morgan fingerprint density at radius 1 is 1.08 bits per heavy atom. The van der Waals surface area contributed by atoms with Gasteiger partial charge in [-0.2, -0.15) is 0 Å². The summed E-state index contributed by atoms with van der Waals surface area (Å²) in [6.07, 6.45) is 7.53. The highest BCUT2D eigenvalue weighted by Gasteiger charge is 2.55. The summed E-state index contributed by atoms with van der Waals surface area (Å²) < 4.78 is 10.9. The summed E-state index contributed by atoms with van der Waals surface area (Å²) >= 11 is 0. The van der Waals surface area contributed by atoms with Crippen LogP contribution in [0.1, 0.15) is 51.0 Å². The first-order valence-corrected chi connectivity index (χ1v) is 9.83. The third-order valence-corrected chi connectivity index (χ3v) is 6.97. The number of carbonyl (C=O) groups excluding carboxylic acids is 1. The number of nitrogens with zero attached hydrogens (tertiary/aromatic N) is 1. The molecule has 4 fully saturated rings. The Hall–Kier alpha value is -1.71. The van der Waals surface area contributed by atoms with E-state index < -0.39 is 0 Å². The van der Waals surface area contributed by atoms with Crippen molar-refractivity contribution in [3.8, 4) is 11.5 Å². The van der Waals surface area contributed by atoms with E-state index in [0.29, 0.717) is 19.2 Å². The lowest BCUT2D eigenvalue weighted by Gasteiger charge is -2.56. The van der Waals surface area contributed by atoms with Crippen LogP contribution in [0.3, 0.4) is 0 Å². The van der Waals surface area contributed by atoms with Crippen molar-refractivity contribution in [2.24, 2.45) is 23.2 Å². The molecule has 0 saturated heterocycles. The maximum Gasteiger partial charge on any atom is 0.231 e. The zero-order chi connectivity index (χ0) is 17.0. The van der Waals surface area contributed by atoms with E-state index in [1.165, 1.54) is 19.3 Å². The third kappa shape index (κ3) is 2.52. The van der Waals surface area contributed by atoms with Gasteiger partial charge < -0.3 is 14.4 Å². The SMILES string of the molecule is CCN(Cc1ccc2c(c1)OCO2)C(=O)C12CC3CC(CC(C3)C1)C2. The van der Waals surface area contributed by atoms with Gasteiger partial charge in [0.1, 0.15) is 0 Å². The largest absolute Gasteiger partial charge is 0.454 e. The van der Waals surface area contributed by atoms with E-state index in [-0.39, 0.29) is 5.41 Å². The molecular weight excluding hydrogens is 314 g/mol. The zero-order valence-electron chi connectivity index (χ0n) is 15.0. The molecule has 1 aliphatic heterocycles. The van der Waals surface area contributed by atoms with Crippen LogP contribution in [0, 0.1) is 23.2 Å². The minimum atomic E-state index is -0.0545. The van der Waals surface area contributed by atoms with Gasteiger partial charge in [0.2, 0.25) is 12.7 Å². The van der Waals surface area contributed by atoms with Gasteiger partial charge in [-0.15, -0.1) is 0 Å². The molecule has 4 heteroatoms. The molecule has 0 radical (unpaired) electrons. The molecule has 0 atom stereocenters. The van der Waals surface area contributed by atoms with Crippen LogP contribution in [0.25, 0.3) is 0 Å². The normalized spacial score (nSPS) is 34.4. The van der Waals surface area contributed by atoms with Crippen molar-refractivity contribution in [1.29, 1.82) is 0 Å². The molecule has 5 aliphatic rings. The van der Waals surface area contributed by atoms with Crippen LogP contribution in [0.2, 0.25) is 0 Å². The van der Waals surface area contributed by atoms with E-state index in [4.69, 9.17) is 9.47 Å². The molecule has 0 aromatic heterocycles. The Bertz CT molecular complexity index is 663. The number of fused-ring (bicyclic) bond motifs is 1. The summed E-state index contributed by atoms with van der Waals surface area (Å²) in [6, 6.07) is 6.04. The van der Waals surface area contributed by atoms with Gasteiger partial charge in [-0.05, 0) is 80.9 Å². The summed E-state index contributed by atoms with van der Waals surface area (Å²) in [5.74, 6) is 4.43. The Kier molecular flexibility index (Phi) is 3.51. The first-order chi connectivity index (χ1) is 12.1. The van der Waals surface area contributed by atoms with Crippen LogP contribution in [-0.2, 0) is 11.3 Å². The number of hydrogen-bond donors (Lipinski definition) is 0. The van der Waals surface area contributed by atoms with Gasteiger partial charge in [-0.1, -0.05) is 6.07 Å². The van der Waals surface area contributed by atoms with Gasteiger partial charge in [-0.3, -0.25) is 4.79 Å². The topological polar surface area (TPSA) is 38.8 Å². The van der Waals surface area contributed by atoms with Gasteiger partial charge in [0.15, 0.2) is 11.5 Å². The standard InChI is InChI=1S/C21H27NO3/c1-2-22(12-14-3-4-18-19(8-14)25-13-24-18)20(23)21-9-15-5-16(10-21)7-17(6-15)11-21/h3-4,8,15-17H,2,5-7,9-13H2,1H3. The second-order valence-corrected chi connectivity index (χ2v) is 8.70. The van der Waals surface area contributed by atoms with Crippen LogP contribution in [0.15, 0.2) is 18.2 Å². The van der Waals surface area contributed by atoms with Crippen LogP contribution >= 0.6 is 0 Å². The minimum absolute atomic E-state index is 0.0545. The van der Waals surface area contributed by atoms with Crippen LogP contribution in [0.4, 0.5) is 0 Å². The number of amides is 1. The lowest BCUT2D eigenvalue weighted by atomic mass is 9.49. The highest BCUT2D eigenvalue weighted by molar-refractivity contribution is 5.83. The number of hydrogen-bond acceptors (Lipinski definition) is 3. The first kappa shape index (κ1) is 15.5. The van der Waals surface area contributed by atoms with Crippen molar-refractivity contribution >= 4 is 5.91 Å². The number of ether oxygens (including phenoxy) is 2. The summed E-state index contributed by atoms with van der Waals surface area (Å²) in [5, 5.41) is 0. The van der Waals surface area contributed by atoms with Gasteiger partial charge in [0, 0.05) is 13.1 Å². The molecule has 4 nitrogen and oxygen atoms in total. The Morgan fingerprint density at radius 2 is 1.72 bits per heavy atom. The van der Waals surface area contributed by atoms with Crippen LogP contribution in [0.5, 0.6) is 11.5 Å². The van der Waals surface area contributed by atoms with Gasteiger partial charge in [0.25, 0.3) is 0 Å². The van der Waals surface area contributed by atoms with Crippen molar-refractivity contribution in [1.82, 2.24) is 4.90 Å². The fourth-order valence-corrected chi connectivity index (χ4v) is 6.29. The van der Waals surface area contributed by atoms with E-state index in [9.17, 15) is 4.79 Å². The maximum absolute atomic E-state index is 13.5. The van der Waals surface area contributed by atoms with E-state index in [0.717, 1.165) is 60.6 Å². The fourth-order valence-electron chi connectivity index (χ4n) is 6.29. The van der Waals surface area contributed by atoms with Crippen molar-refractivity contribution in [3.63, 3.8) is 0 Å². The smallest absolute Gasteiger partial charge is 0.231 e. The van der Waals surface area contributed by atoms with E-state index in [1.807, 2.05) is 12.1 Å². The highest BCUT2D eigenvalue weighted by atomic mass is 16.7. The third-order valence-electron chi connectivity index (χ3n) is 6.97. The molecule has 134 valence electrons. The van der Waals surface area contributed by atoms with Gasteiger partial charge >= 0.3 is 0 Å². The van der Waals surface area contributed by atoms with Crippen molar-refractivity contribution in [3.05, 3.63) is 23.8 Å². The lowest BCUT2D eigenvalue weighted by molar-refractivity contribution is -0.158. The van der Waals surface area contributed by atoms with Gasteiger partial charge in [0.05, 0.1) is 5.41 Å². The highest BCUT2D eigenvalue weighted by Crippen LogP contribution is 2.60. The fraction of sp³-hybridized carbons (Fsp3) is 0.667. The Balaban J connectivity index is 1.36. The van der Waals surface area contributed by atoms with E-state index in [2.05, 4.69) is 17.9 Å². The molecule has 0 unspecified atom stereocenters. The molecule has 6 rings (SSSR count). The Morgan fingerprint density at radius 3 is 2.36 bits per heavy atom. The summed E-state index contributed by atoms with van der Waals surface area (Å²) in [7, 11) is 0. The summed E-state index contributed by atoms with van der Waals surface area (Å²) in [4.78, 5) is 15.6. The lowest BCUT2D eigenvalue weighted by Crippen LogP contribution is -2.54. The number of rotatable bonds is 4. The minimum Gasteiger partial charge on any atom is -0.454 e. The zero-order valence-corrected chi connectivity index (χ0v) is 15.0. The molecule has 4 aliphatic carbocycles. The number of benzene rings is 1. The molecule has 4 bridgehead atoms. The molecular formula is C21H27NO3. The predicted octanol–water partition coefficient (Wildman–Crippen LogP) is 3.98. The van der Waals surface area contributed by atoms with Crippen LogP contribution in [-0.4, -0.2) is 24.1 Å². The monoisotopic (exact) mass is 341 g/mol. The van der Waals surface area contributed by atoms with Crippen molar-refractivity contribution in [2.75, 3.05) is 13.3 Å². The second-order valence-electron chi connectivity index (χ2n) is 8.70. The molecule has 0 spiro atoms. The molecule has 25 heavy (non-hydrogen) atoms. The summed E-state index contributed by atoms with van der Waals surface area (Å²) in [5.41, 5.74) is 1.07. The molecule has 1 heterocycles.